The maximum Gasteiger partial charge on any atom is 0.134 e. The Kier molecular flexibility index (Phi) is 3.13. The van der Waals surface area contributed by atoms with Crippen molar-refractivity contribution < 1.29 is 9.52 Å². The Labute approximate surface area is 108 Å². The van der Waals surface area contributed by atoms with Crippen LogP contribution in [0.5, 0.6) is 0 Å². The first-order valence-electron chi connectivity index (χ1n) is 6.90. The molecule has 96 valence electrons. The molecule has 0 spiro atoms. The fourth-order valence-electron chi connectivity index (χ4n) is 3.15. The Morgan fingerprint density at radius 3 is 2.89 bits per heavy atom. The molecule has 0 bridgehead atoms. The average Bonchev–Trinajstić information content (AvgIpc) is 2.81. The minimum absolute atomic E-state index is 0.356. The van der Waals surface area contributed by atoms with Gasteiger partial charge in [0.15, 0.2) is 0 Å². The highest BCUT2D eigenvalue weighted by atomic mass is 16.4. The van der Waals surface area contributed by atoms with Crippen LogP contribution in [0.25, 0.3) is 11.0 Å². The van der Waals surface area contributed by atoms with Gasteiger partial charge in [0.1, 0.15) is 17.4 Å². The second-order valence-corrected chi connectivity index (χ2v) is 5.66. The maximum atomic E-state index is 10.5. The number of aliphatic hydroxyl groups is 1. The number of para-hydroxylation sites is 1. The van der Waals surface area contributed by atoms with Crippen molar-refractivity contribution >= 4 is 11.0 Å². The van der Waals surface area contributed by atoms with Gasteiger partial charge in [0.25, 0.3) is 0 Å². The van der Waals surface area contributed by atoms with Crippen molar-refractivity contribution in [2.75, 3.05) is 0 Å². The molecular formula is C16H20O2. The lowest BCUT2D eigenvalue weighted by atomic mass is 9.79. The van der Waals surface area contributed by atoms with Gasteiger partial charge < -0.3 is 9.52 Å². The van der Waals surface area contributed by atoms with Crippen LogP contribution in [0, 0.1) is 11.8 Å². The van der Waals surface area contributed by atoms with E-state index in [2.05, 4.69) is 6.92 Å². The summed E-state index contributed by atoms with van der Waals surface area (Å²) in [5.74, 6) is 1.81. The van der Waals surface area contributed by atoms with Gasteiger partial charge >= 0.3 is 0 Å². The zero-order chi connectivity index (χ0) is 12.5. The van der Waals surface area contributed by atoms with Gasteiger partial charge in [-0.2, -0.15) is 0 Å². The molecule has 0 radical (unpaired) electrons. The van der Waals surface area contributed by atoms with Crippen molar-refractivity contribution in [1.82, 2.24) is 0 Å². The van der Waals surface area contributed by atoms with E-state index in [0.717, 1.165) is 35.5 Å². The monoisotopic (exact) mass is 244 g/mol. The fourth-order valence-corrected chi connectivity index (χ4v) is 3.15. The molecule has 18 heavy (non-hydrogen) atoms. The third-order valence-corrected chi connectivity index (χ3v) is 4.16. The van der Waals surface area contributed by atoms with E-state index in [4.69, 9.17) is 4.42 Å². The molecular weight excluding hydrogens is 224 g/mol. The number of benzene rings is 1. The van der Waals surface area contributed by atoms with Crippen LogP contribution in [0.2, 0.25) is 0 Å². The third kappa shape index (κ3) is 2.17. The minimum Gasteiger partial charge on any atom is -0.458 e. The second-order valence-electron chi connectivity index (χ2n) is 5.66. The molecule has 3 unspecified atom stereocenters. The van der Waals surface area contributed by atoms with E-state index in [1.54, 1.807) is 0 Å². The first-order valence-corrected chi connectivity index (χ1v) is 6.90. The summed E-state index contributed by atoms with van der Waals surface area (Å²) in [6, 6.07) is 9.92. The SMILES string of the molecule is CC1CCCC(C(O)c2cc3ccccc3o2)C1. The summed E-state index contributed by atoms with van der Waals surface area (Å²) in [6.45, 7) is 2.28. The van der Waals surface area contributed by atoms with Gasteiger partial charge in [-0.1, -0.05) is 38.0 Å². The molecule has 0 aliphatic heterocycles. The largest absolute Gasteiger partial charge is 0.458 e. The fraction of sp³-hybridized carbons (Fsp3) is 0.500. The van der Waals surface area contributed by atoms with Gasteiger partial charge in [-0.15, -0.1) is 0 Å². The molecule has 1 heterocycles. The number of hydrogen-bond acceptors (Lipinski definition) is 2. The van der Waals surface area contributed by atoms with Crippen LogP contribution >= 0.6 is 0 Å². The highest BCUT2D eigenvalue weighted by Crippen LogP contribution is 2.38. The van der Waals surface area contributed by atoms with Crippen molar-refractivity contribution in [1.29, 1.82) is 0 Å². The Morgan fingerprint density at radius 2 is 2.11 bits per heavy atom. The molecule has 2 aromatic rings. The Hall–Kier alpha value is -1.28. The Balaban J connectivity index is 1.84. The van der Waals surface area contributed by atoms with Crippen molar-refractivity contribution in [3.8, 4) is 0 Å². The van der Waals surface area contributed by atoms with Crippen LogP contribution in [-0.4, -0.2) is 5.11 Å². The molecule has 2 heteroatoms. The molecule has 3 rings (SSSR count). The van der Waals surface area contributed by atoms with Crippen molar-refractivity contribution in [2.24, 2.45) is 11.8 Å². The number of hydrogen-bond donors (Lipinski definition) is 1. The van der Waals surface area contributed by atoms with Crippen LogP contribution in [0.4, 0.5) is 0 Å². The predicted molar refractivity (Wildman–Crippen MR) is 72.3 cm³/mol. The van der Waals surface area contributed by atoms with E-state index in [1.807, 2.05) is 30.3 Å². The predicted octanol–water partition coefficient (Wildman–Crippen LogP) is 4.29. The number of aliphatic hydroxyl groups excluding tert-OH is 1. The normalized spacial score (nSPS) is 26.3. The summed E-state index contributed by atoms with van der Waals surface area (Å²) in [5, 5.41) is 11.5. The third-order valence-electron chi connectivity index (χ3n) is 4.16. The van der Waals surface area contributed by atoms with Gasteiger partial charge in [-0.05, 0) is 36.8 Å². The van der Waals surface area contributed by atoms with E-state index in [-0.39, 0.29) is 0 Å². The van der Waals surface area contributed by atoms with Crippen LogP contribution < -0.4 is 0 Å². The van der Waals surface area contributed by atoms with Gasteiger partial charge in [0.05, 0.1) is 0 Å². The van der Waals surface area contributed by atoms with Gasteiger partial charge in [0, 0.05) is 5.39 Å². The summed E-state index contributed by atoms with van der Waals surface area (Å²) in [6.07, 6.45) is 4.30. The van der Waals surface area contributed by atoms with E-state index in [9.17, 15) is 5.11 Å². The zero-order valence-electron chi connectivity index (χ0n) is 10.8. The maximum absolute atomic E-state index is 10.5. The summed E-state index contributed by atoms with van der Waals surface area (Å²) in [5.41, 5.74) is 0.871. The van der Waals surface area contributed by atoms with Gasteiger partial charge in [-0.3, -0.25) is 0 Å². The summed E-state index contributed by atoms with van der Waals surface area (Å²) >= 11 is 0. The molecule has 3 atom stereocenters. The number of furan rings is 1. The molecule has 1 aromatic carbocycles. The first kappa shape index (κ1) is 11.8. The molecule has 1 aliphatic carbocycles. The molecule has 0 amide bonds. The quantitative estimate of drug-likeness (QED) is 0.854. The van der Waals surface area contributed by atoms with Crippen LogP contribution in [0.1, 0.15) is 44.5 Å². The molecule has 1 aliphatic rings. The van der Waals surface area contributed by atoms with E-state index in [0.29, 0.717) is 5.92 Å². The van der Waals surface area contributed by atoms with E-state index in [1.165, 1.54) is 12.8 Å². The number of fused-ring (bicyclic) bond motifs is 1. The first-order chi connectivity index (χ1) is 8.74. The topological polar surface area (TPSA) is 33.4 Å². The summed E-state index contributed by atoms with van der Waals surface area (Å²) < 4.78 is 5.77. The lowest BCUT2D eigenvalue weighted by Crippen LogP contribution is -2.19. The average molecular weight is 244 g/mol. The number of rotatable bonds is 2. The van der Waals surface area contributed by atoms with Gasteiger partial charge in [0.2, 0.25) is 0 Å². The van der Waals surface area contributed by atoms with Crippen LogP contribution in [0.3, 0.4) is 0 Å². The molecule has 1 N–H and O–H groups in total. The lowest BCUT2D eigenvalue weighted by Gasteiger charge is -2.29. The standard InChI is InChI=1S/C16H20O2/c1-11-5-4-7-13(9-11)16(17)15-10-12-6-2-3-8-14(12)18-15/h2-3,6,8,10-11,13,16-17H,4-5,7,9H2,1H3. The van der Waals surface area contributed by atoms with Crippen molar-refractivity contribution in [3.05, 3.63) is 36.1 Å². The molecule has 0 saturated heterocycles. The summed E-state index contributed by atoms with van der Waals surface area (Å²) in [7, 11) is 0. The van der Waals surface area contributed by atoms with Crippen LogP contribution in [-0.2, 0) is 0 Å². The highest BCUT2D eigenvalue weighted by molar-refractivity contribution is 5.77. The Morgan fingerprint density at radius 1 is 1.28 bits per heavy atom. The molecule has 1 saturated carbocycles. The molecule has 2 nitrogen and oxygen atoms in total. The van der Waals surface area contributed by atoms with Gasteiger partial charge in [-0.25, -0.2) is 0 Å². The minimum atomic E-state index is -0.444. The molecule has 1 fully saturated rings. The van der Waals surface area contributed by atoms with E-state index >= 15 is 0 Å². The summed E-state index contributed by atoms with van der Waals surface area (Å²) in [4.78, 5) is 0. The van der Waals surface area contributed by atoms with Crippen molar-refractivity contribution in [2.45, 2.75) is 38.7 Å². The Bertz CT molecular complexity index is 496. The van der Waals surface area contributed by atoms with Crippen LogP contribution in [0.15, 0.2) is 34.7 Å². The highest BCUT2D eigenvalue weighted by Gasteiger charge is 2.28. The van der Waals surface area contributed by atoms with E-state index < -0.39 is 6.10 Å². The zero-order valence-corrected chi connectivity index (χ0v) is 10.8. The molecule has 1 aromatic heterocycles. The second kappa shape index (κ2) is 4.77. The smallest absolute Gasteiger partial charge is 0.134 e. The van der Waals surface area contributed by atoms with Crippen molar-refractivity contribution in [3.63, 3.8) is 0 Å². The lowest BCUT2D eigenvalue weighted by molar-refractivity contribution is 0.0551.